The van der Waals surface area contributed by atoms with Gasteiger partial charge in [-0.3, -0.25) is 39.5 Å². The quantitative estimate of drug-likeness (QED) is 0.234. The van der Waals surface area contributed by atoms with Gasteiger partial charge in [0.05, 0.1) is 29.3 Å². The van der Waals surface area contributed by atoms with Crippen LogP contribution in [0.15, 0.2) is 48.5 Å². The van der Waals surface area contributed by atoms with Crippen molar-refractivity contribution in [3.63, 3.8) is 0 Å². The van der Waals surface area contributed by atoms with Crippen molar-refractivity contribution in [2.24, 2.45) is 17.6 Å². The Morgan fingerprint density at radius 1 is 0.930 bits per heavy atom. The number of fused-ring (bicyclic) bond motifs is 2. The minimum Gasteiger partial charge on any atom is -0.473 e. The smallest absolute Gasteiger partial charge is 0.326 e. The number of amides is 3. The topological polar surface area (TPSA) is 146 Å². The Hall–Kier alpha value is -4.25. The maximum atomic E-state index is 14.1. The first-order valence-corrected chi connectivity index (χ1v) is 14.6. The highest BCUT2D eigenvalue weighted by atomic mass is 16.6. The Labute approximate surface area is 251 Å². The van der Waals surface area contributed by atoms with E-state index in [0.717, 1.165) is 0 Å². The van der Waals surface area contributed by atoms with Crippen molar-refractivity contribution in [1.29, 1.82) is 0 Å². The van der Waals surface area contributed by atoms with Crippen molar-refractivity contribution in [1.82, 2.24) is 4.90 Å². The third-order valence-corrected chi connectivity index (χ3v) is 7.33. The summed E-state index contributed by atoms with van der Waals surface area (Å²) in [5, 5.41) is 0. The zero-order valence-corrected chi connectivity index (χ0v) is 25.0. The van der Waals surface area contributed by atoms with E-state index in [1.54, 1.807) is 76.2 Å². The molecule has 1 unspecified atom stereocenters. The third kappa shape index (κ3) is 7.22. The molecule has 43 heavy (non-hydrogen) atoms. The van der Waals surface area contributed by atoms with Gasteiger partial charge in [0.15, 0.2) is 6.23 Å². The molecule has 2 aromatic rings. The molecule has 0 aliphatic carbocycles. The summed E-state index contributed by atoms with van der Waals surface area (Å²) >= 11 is 0. The van der Waals surface area contributed by atoms with Gasteiger partial charge >= 0.3 is 11.9 Å². The Morgan fingerprint density at radius 2 is 1.56 bits per heavy atom. The lowest BCUT2D eigenvalue weighted by Crippen LogP contribution is -2.51. The monoisotopic (exact) mass is 593 g/mol. The van der Waals surface area contributed by atoms with E-state index in [9.17, 15) is 24.0 Å². The molecule has 0 saturated carbocycles. The number of benzene rings is 2. The van der Waals surface area contributed by atoms with Gasteiger partial charge in [-0.15, -0.1) is 0 Å². The van der Waals surface area contributed by atoms with Crippen LogP contribution in [-0.4, -0.2) is 66.1 Å². The van der Waals surface area contributed by atoms with Crippen LogP contribution in [0, 0.1) is 11.8 Å². The zero-order valence-electron chi connectivity index (χ0n) is 25.0. The summed E-state index contributed by atoms with van der Waals surface area (Å²) in [5.41, 5.74) is 6.80. The highest BCUT2D eigenvalue weighted by Gasteiger charge is 2.45. The molecule has 0 fully saturated rings. The number of unbranched alkanes of at least 4 members (excludes halogenated alkanes) is 2. The predicted octanol–water partition coefficient (Wildman–Crippen LogP) is 3.69. The third-order valence-electron chi connectivity index (χ3n) is 7.33. The Morgan fingerprint density at radius 3 is 2.19 bits per heavy atom. The molecular weight excluding hydrogens is 554 g/mol. The van der Waals surface area contributed by atoms with Gasteiger partial charge in [-0.25, -0.2) is 0 Å². The first kappa shape index (κ1) is 31.7. The fourth-order valence-corrected chi connectivity index (χ4v) is 5.45. The number of anilines is 1. The van der Waals surface area contributed by atoms with Crippen molar-refractivity contribution >= 4 is 35.3 Å². The summed E-state index contributed by atoms with van der Waals surface area (Å²) in [6.45, 7) is 6.82. The van der Waals surface area contributed by atoms with Gasteiger partial charge in [-0.1, -0.05) is 37.1 Å². The van der Waals surface area contributed by atoms with Crippen LogP contribution < -0.4 is 15.4 Å². The summed E-state index contributed by atoms with van der Waals surface area (Å²) in [4.78, 5) is 68.0. The average molecular weight is 594 g/mol. The van der Waals surface area contributed by atoms with Gasteiger partial charge in [-0.2, -0.15) is 0 Å². The molecule has 11 nitrogen and oxygen atoms in total. The SMILES string of the molecule is CCOC(=O)[C@H](CCCCCN1C(=O)c2ccccc2C1=O)[C@@H]1C(=O)N(CC(=O)OC(C)(C)C)c2ccccc2OC1N. The lowest BCUT2D eigenvalue weighted by molar-refractivity contribution is -0.155. The van der Waals surface area contributed by atoms with Crippen molar-refractivity contribution in [3.05, 3.63) is 59.7 Å². The van der Waals surface area contributed by atoms with Crippen molar-refractivity contribution < 1.29 is 38.2 Å². The van der Waals surface area contributed by atoms with Crippen molar-refractivity contribution in [2.45, 2.75) is 65.2 Å². The lowest BCUT2D eigenvalue weighted by Gasteiger charge is -2.30. The minimum atomic E-state index is -1.19. The fourth-order valence-electron chi connectivity index (χ4n) is 5.45. The van der Waals surface area contributed by atoms with Crippen LogP contribution in [0.5, 0.6) is 5.75 Å². The maximum Gasteiger partial charge on any atom is 0.326 e. The van der Waals surface area contributed by atoms with Gasteiger partial charge < -0.3 is 14.2 Å². The van der Waals surface area contributed by atoms with E-state index >= 15 is 0 Å². The van der Waals surface area contributed by atoms with Crippen LogP contribution in [0.25, 0.3) is 0 Å². The molecule has 2 aromatic carbocycles. The molecule has 3 atom stereocenters. The molecule has 2 heterocycles. The molecule has 2 aliphatic rings. The molecule has 4 rings (SSSR count). The second kappa shape index (κ2) is 13.4. The number of carbonyl (C=O) groups is 5. The van der Waals surface area contributed by atoms with Crippen LogP contribution in [0.3, 0.4) is 0 Å². The van der Waals surface area contributed by atoms with Crippen LogP contribution in [0.4, 0.5) is 5.69 Å². The van der Waals surface area contributed by atoms with Gasteiger partial charge in [0.25, 0.3) is 11.8 Å². The number of ether oxygens (including phenoxy) is 3. The summed E-state index contributed by atoms with van der Waals surface area (Å²) < 4.78 is 16.8. The number of hydrogen-bond donors (Lipinski definition) is 1. The molecule has 0 radical (unpaired) electrons. The molecule has 2 aliphatic heterocycles. The maximum absolute atomic E-state index is 14.1. The number of rotatable bonds is 11. The Bertz CT molecular complexity index is 1350. The number of nitrogens with two attached hydrogens (primary N) is 1. The molecule has 3 amide bonds. The molecule has 230 valence electrons. The van der Waals surface area contributed by atoms with Crippen LogP contribution in [0.1, 0.15) is 74.1 Å². The summed E-state index contributed by atoms with van der Waals surface area (Å²) in [6.07, 6.45) is 0.623. The first-order chi connectivity index (χ1) is 20.4. The van der Waals surface area contributed by atoms with E-state index < -0.39 is 48.1 Å². The van der Waals surface area contributed by atoms with Crippen molar-refractivity contribution in [3.8, 4) is 5.75 Å². The summed E-state index contributed by atoms with van der Waals surface area (Å²) in [6, 6.07) is 13.4. The number of para-hydroxylation sites is 2. The molecule has 0 bridgehead atoms. The molecule has 0 saturated heterocycles. The summed E-state index contributed by atoms with van der Waals surface area (Å²) in [5.74, 6) is -4.20. The van der Waals surface area contributed by atoms with Gasteiger partial charge in [-0.05, 0) is 64.8 Å². The predicted molar refractivity (Wildman–Crippen MR) is 157 cm³/mol. The molecule has 0 spiro atoms. The molecule has 11 heteroatoms. The highest BCUT2D eigenvalue weighted by molar-refractivity contribution is 6.21. The number of imide groups is 1. The van der Waals surface area contributed by atoms with Gasteiger partial charge in [0.1, 0.15) is 23.8 Å². The molecular formula is C32H39N3O8. The second-order valence-electron chi connectivity index (χ2n) is 11.6. The van der Waals surface area contributed by atoms with Crippen LogP contribution >= 0.6 is 0 Å². The summed E-state index contributed by atoms with van der Waals surface area (Å²) in [7, 11) is 0. The van der Waals surface area contributed by atoms with E-state index in [1.165, 1.54) is 9.80 Å². The largest absolute Gasteiger partial charge is 0.473 e. The highest BCUT2D eigenvalue weighted by Crippen LogP contribution is 2.37. The van der Waals surface area contributed by atoms with E-state index in [0.29, 0.717) is 41.8 Å². The minimum absolute atomic E-state index is 0.105. The average Bonchev–Trinajstić information content (AvgIpc) is 3.13. The molecule has 0 aromatic heterocycles. The van der Waals surface area contributed by atoms with Gasteiger partial charge in [0.2, 0.25) is 5.91 Å². The normalized spacial score (nSPS) is 18.9. The van der Waals surface area contributed by atoms with E-state index in [1.807, 2.05) is 0 Å². The van der Waals surface area contributed by atoms with Crippen molar-refractivity contribution in [2.75, 3.05) is 24.6 Å². The molecule has 2 N–H and O–H groups in total. The Balaban J connectivity index is 1.48. The van der Waals surface area contributed by atoms with E-state index in [2.05, 4.69) is 0 Å². The Kier molecular flexibility index (Phi) is 9.85. The van der Waals surface area contributed by atoms with Crippen LogP contribution in [0.2, 0.25) is 0 Å². The fraction of sp³-hybridized carbons (Fsp3) is 0.469. The van der Waals surface area contributed by atoms with Gasteiger partial charge in [0, 0.05) is 6.54 Å². The number of carbonyl (C=O) groups excluding carboxylic acids is 5. The number of esters is 2. The number of nitrogens with zero attached hydrogens (tertiary/aromatic N) is 2. The zero-order chi connectivity index (χ0) is 31.3. The first-order valence-electron chi connectivity index (χ1n) is 14.6. The van der Waals surface area contributed by atoms with E-state index in [4.69, 9.17) is 19.9 Å². The standard InChI is InChI=1S/C32H39N3O8/c1-5-41-31(40)22(15-7-6-12-18-34-28(37)20-13-8-9-14-21(20)29(34)38)26-27(33)42-24-17-11-10-16-23(24)35(30(26)39)19-25(36)43-32(2,3)4/h8-11,13-14,16-17,22,26-27H,5-7,12,15,18-19,33H2,1-4H3/t22-,26+,27?/m1/s1. The van der Waals surface area contributed by atoms with Crippen LogP contribution in [-0.2, 0) is 23.9 Å². The van der Waals surface area contributed by atoms with E-state index in [-0.39, 0.29) is 31.4 Å². The lowest BCUT2D eigenvalue weighted by atomic mass is 9.85. The number of hydrogen-bond acceptors (Lipinski definition) is 9. The second-order valence-corrected chi connectivity index (χ2v) is 11.6.